The van der Waals surface area contributed by atoms with E-state index < -0.39 is 5.97 Å². The molecule has 1 aromatic carbocycles. The van der Waals surface area contributed by atoms with E-state index in [4.69, 9.17) is 9.15 Å². The van der Waals surface area contributed by atoms with Crippen molar-refractivity contribution in [1.82, 2.24) is 14.8 Å². The number of ether oxygens (including phenoxy) is 1. The molecule has 0 spiro atoms. The number of aromatic nitrogens is 3. The number of amides is 1. The molecule has 0 saturated heterocycles. The lowest BCUT2D eigenvalue weighted by Gasteiger charge is -2.09. The number of nitrogens with one attached hydrogen (secondary N) is 1. The van der Waals surface area contributed by atoms with E-state index >= 15 is 0 Å². The van der Waals surface area contributed by atoms with Gasteiger partial charge < -0.3 is 14.5 Å². The Morgan fingerprint density at radius 3 is 2.75 bits per heavy atom. The van der Waals surface area contributed by atoms with Crippen molar-refractivity contribution in [3.63, 3.8) is 0 Å². The van der Waals surface area contributed by atoms with E-state index in [0.29, 0.717) is 29.0 Å². The summed E-state index contributed by atoms with van der Waals surface area (Å²) in [7, 11) is 0. The SMILES string of the molecule is CCn1c(SCC(=O)OCC(=O)Nc2ccccc2C)nnc1-c1ccco1. The second kappa shape index (κ2) is 9.23. The lowest BCUT2D eigenvalue weighted by molar-refractivity contribution is -0.144. The number of esters is 1. The van der Waals surface area contributed by atoms with E-state index in [9.17, 15) is 9.59 Å². The first-order valence-corrected chi connectivity index (χ1v) is 9.68. The van der Waals surface area contributed by atoms with Crippen LogP contribution in [0.2, 0.25) is 0 Å². The Morgan fingerprint density at radius 1 is 1.21 bits per heavy atom. The number of hydrogen-bond acceptors (Lipinski definition) is 7. The molecule has 2 heterocycles. The van der Waals surface area contributed by atoms with Gasteiger partial charge in [0.25, 0.3) is 5.91 Å². The molecule has 0 atom stereocenters. The maximum absolute atomic E-state index is 12.0. The minimum atomic E-state index is -0.505. The number of carbonyl (C=O) groups excluding carboxylic acids is 2. The third-order valence-corrected chi connectivity index (χ3v) is 4.82. The molecule has 0 aliphatic heterocycles. The van der Waals surface area contributed by atoms with E-state index in [0.717, 1.165) is 5.56 Å². The van der Waals surface area contributed by atoms with Gasteiger partial charge >= 0.3 is 5.97 Å². The van der Waals surface area contributed by atoms with Gasteiger partial charge in [-0.3, -0.25) is 14.2 Å². The smallest absolute Gasteiger partial charge is 0.316 e. The van der Waals surface area contributed by atoms with E-state index in [2.05, 4.69) is 15.5 Å². The Balaban J connectivity index is 1.49. The molecular weight excluding hydrogens is 380 g/mol. The second-order valence-corrected chi connectivity index (χ2v) is 6.78. The average molecular weight is 400 g/mol. The first-order valence-electron chi connectivity index (χ1n) is 8.69. The van der Waals surface area contributed by atoms with Crippen molar-refractivity contribution in [2.75, 3.05) is 17.7 Å². The van der Waals surface area contributed by atoms with Gasteiger partial charge in [-0.15, -0.1) is 10.2 Å². The fraction of sp³-hybridized carbons (Fsp3) is 0.263. The average Bonchev–Trinajstić information content (AvgIpc) is 3.35. The standard InChI is InChI=1S/C19H20N4O4S/c1-3-23-18(15-9-6-10-26-15)21-22-19(23)28-12-17(25)27-11-16(24)20-14-8-5-4-7-13(14)2/h4-10H,3,11-12H2,1-2H3,(H,20,24). The molecule has 28 heavy (non-hydrogen) atoms. The van der Waals surface area contributed by atoms with Crippen LogP contribution in [0.3, 0.4) is 0 Å². The number of furan rings is 1. The van der Waals surface area contributed by atoms with Crippen LogP contribution in [0.4, 0.5) is 5.69 Å². The fourth-order valence-corrected chi connectivity index (χ4v) is 3.28. The zero-order chi connectivity index (χ0) is 19.9. The Hall–Kier alpha value is -3.07. The summed E-state index contributed by atoms with van der Waals surface area (Å²) < 4.78 is 12.2. The molecule has 3 aromatic rings. The maximum atomic E-state index is 12.0. The summed E-state index contributed by atoms with van der Waals surface area (Å²) in [6, 6.07) is 11.0. The summed E-state index contributed by atoms with van der Waals surface area (Å²) in [4.78, 5) is 23.9. The molecule has 1 amide bonds. The number of benzene rings is 1. The lowest BCUT2D eigenvalue weighted by atomic mass is 10.2. The van der Waals surface area contributed by atoms with Gasteiger partial charge in [-0.05, 0) is 37.6 Å². The minimum Gasteiger partial charge on any atom is -0.461 e. The molecule has 0 radical (unpaired) electrons. The van der Waals surface area contributed by atoms with Crippen molar-refractivity contribution in [3.05, 3.63) is 48.2 Å². The maximum Gasteiger partial charge on any atom is 0.316 e. The van der Waals surface area contributed by atoms with Gasteiger partial charge in [0.15, 0.2) is 23.3 Å². The summed E-state index contributed by atoms with van der Waals surface area (Å²) in [5.74, 6) is 0.339. The van der Waals surface area contributed by atoms with E-state index in [1.54, 1.807) is 24.5 Å². The third-order valence-electron chi connectivity index (χ3n) is 3.88. The number of hydrogen-bond donors (Lipinski definition) is 1. The highest BCUT2D eigenvalue weighted by Crippen LogP contribution is 2.24. The summed E-state index contributed by atoms with van der Waals surface area (Å²) >= 11 is 1.20. The van der Waals surface area contributed by atoms with Crippen molar-refractivity contribution < 1.29 is 18.7 Å². The quantitative estimate of drug-likeness (QED) is 0.458. The molecule has 0 aliphatic carbocycles. The fourth-order valence-electron chi connectivity index (χ4n) is 2.48. The van der Waals surface area contributed by atoms with Crippen molar-refractivity contribution >= 4 is 29.3 Å². The van der Waals surface area contributed by atoms with Crippen LogP contribution in [0, 0.1) is 6.92 Å². The van der Waals surface area contributed by atoms with E-state index in [1.807, 2.05) is 36.6 Å². The minimum absolute atomic E-state index is 0.0218. The highest BCUT2D eigenvalue weighted by Gasteiger charge is 2.17. The molecule has 0 aliphatic rings. The zero-order valence-corrected chi connectivity index (χ0v) is 16.4. The van der Waals surface area contributed by atoms with Gasteiger partial charge in [-0.25, -0.2) is 0 Å². The molecule has 146 valence electrons. The van der Waals surface area contributed by atoms with E-state index in [1.165, 1.54) is 11.8 Å². The van der Waals surface area contributed by atoms with Crippen LogP contribution in [0.15, 0.2) is 52.2 Å². The second-order valence-electron chi connectivity index (χ2n) is 5.84. The molecule has 8 nitrogen and oxygen atoms in total. The summed E-state index contributed by atoms with van der Waals surface area (Å²) in [6.45, 7) is 4.12. The van der Waals surface area contributed by atoms with Gasteiger partial charge in [-0.2, -0.15) is 0 Å². The van der Waals surface area contributed by atoms with Gasteiger partial charge in [0.1, 0.15) is 0 Å². The molecule has 1 N–H and O–H groups in total. The van der Waals surface area contributed by atoms with Crippen LogP contribution in [0.25, 0.3) is 11.6 Å². The zero-order valence-electron chi connectivity index (χ0n) is 15.5. The van der Waals surface area contributed by atoms with Crippen LogP contribution >= 0.6 is 11.8 Å². The van der Waals surface area contributed by atoms with Gasteiger partial charge in [0.2, 0.25) is 0 Å². The van der Waals surface area contributed by atoms with Crippen LogP contribution in [0.5, 0.6) is 0 Å². The van der Waals surface area contributed by atoms with E-state index in [-0.39, 0.29) is 18.3 Å². The third kappa shape index (κ3) is 4.80. The number of thioether (sulfide) groups is 1. The Labute approximate surface area is 166 Å². The highest BCUT2D eigenvalue weighted by molar-refractivity contribution is 7.99. The normalized spacial score (nSPS) is 10.6. The van der Waals surface area contributed by atoms with Crippen LogP contribution in [0.1, 0.15) is 12.5 Å². The van der Waals surface area contributed by atoms with Crippen molar-refractivity contribution in [1.29, 1.82) is 0 Å². The highest BCUT2D eigenvalue weighted by atomic mass is 32.2. The van der Waals surface area contributed by atoms with Gasteiger partial charge in [-0.1, -0.05) is 30.0 Å². The molecule has 3 rings (SSSR count). The molecule has 0 saturated carbocycles. The van der Waals surface area contributed by atoms with Crippen molar-refractivity contribution in [2.24, 2.45) is 0 Å². The predicted octanol–water partition coefficient (Wildman–Crippen LogP) is 3.14. The first-order chi connectivity index (χ1) is 13.6. The number of aryl methyl sites for hydroxylation is 1. The molecular formula is C19H20N4O4S. The van der Waals surface area contributed by atoms with Gasteiger partial charge in [0, 0.05) is 12.2 Å². The van der Waals surface area contributed by atoms with Crippen LogP contribution in [-0.2, 0) is 20.9 Å². The van der Waals surface area contributed by atoms with Crippen LogP contribution in [-0.4, -0.2) is 39.0 Å². The molecule has 9 heteroatoms. The number of nitrogens with zero attached hydrogens (tertiary/aromatic N) is 3. The molecule has 0 fully saturated rings. The predicted molar refractivity (Wildman–Crippen MR) is 105 cm³/mol. The van der Waals surface area contributed by atoms with Gasteiger partial charge in [0.05, 0.1) is 12.0 Å². The largest absolute Gasteiger partial charge is 0.461 e. The first kappa shape index (κ1) is 19.7. The Bertz CT molecular complexity index is 953. The Morgan fingerprint density at radius 2 is 2.04 bits per heavy atom. The number of carbonyl (C=O) groups is 2. The molecule has 2 aromatic heterocycles. The molecule has 0 bridgehead atoms. The topological polar surface area (TPSA) is 99.2 Å². The summed E-state index contributed by atoms with van der Waals surface area (Å²) in [5, 5.41) is 11.5. The van der Waals surface area contributed by atoms with Crippen LogP contribution < -0.4 is 5.32 Å². The number of para-hydroxylation sites is 1. The number of rotatable bonds is 8. The summed E-state index contributed by atoms with van der Waals surface area (Å²) in [5.41, 5.74) is 1.63. The van der Waals surface area contributed by atoms with Crippen molar-refractivity contribution in [2.45, 2.75) is 25.5 Å². The van der Waals surface area contributed by atoms with Crippen molar-refractivity contribution in [3.8, 4) is 11.6 Å². The number of anilines is 1. The monoisotopic (exact) mass is 400 g/mol. The lowest BCUT2D eigenvalue weighted by Crippen LogP contribution is -2.22. The Kier molecular flexibility index (Phi) is 6.49. The molecule has 0 unspecified atom stereocenters. The summed E-state index contributed by atoms with van der Waals surface area (Å²) in [6.07, 6.45) is 1.57.